The molecular weight excluding hydrogens is 242 g/mol. The van der Waals surface area contributed by atoms with Gasteiger partial charge in [0.1, 0.15) is 5.60 Å². The number of hydrogen-bond donors (Lipinski definition) is 1. The third-order valence-corrected chi connectivity index (χ3v) is 2.81. The number of nitrogens with zero attached hydrogens (tertiary/aromatic N) is 1. The fourth-order valence-corrected chi connectivity index (χ4v) is 2.02. The minimum Gasteiger partial charge on any atom is -0.443 e. The quantitative estimate of drug-likeness (QED) is 0.845. The number of carbonyl (C=O) groups is 1. The Bertz CT molecular complexity index is 514. The van der Waals surface area contributed by atoms with Crippen LogP contribution >= 0.6 is 0 Å². The number of aliphatic hydroxyl groups is 1. The highest BCUT2D eigenvalue weighted by atomic mass is 16.6. The van der Waals surface area contributed by atoms with Crippen LogP contribution < -0.4 is 0 Å². The minimum absolute atomic E-state index is 0.101. The molecular formula is C15H19NO3. The number of carbonyl (C=O) groups excluding carboxylic acids is 1. The molecule has 0 radical (unpaired) electrons. The zero-order chi connectivity index (χ0) is 14.0. The lowest BCUT2D eigenvalue weighted by Crippen LogP contribution is -2.35. The molecule has 0 spiro atoms. The van der Waals surface area contributed by atoms with Gasteiger partial charge in [-0.15, -0.1) is 0 Å². The summed E-state index contributed by atoms with van der Waals surface area (Å²) in [6.07, 6.45) is 1.27. The van der Waals surface area contributed by atoms with Crippen molar-refractivity contribution in [2.75, 3.05) is 6.61 Å². The number of aliphatic hydroxyl groups excluding tert-OH is 1. The standard InChI is InChI=1S/C15H19NO3/c1-15(2,3)19-14(18)16-8-11-6-4-5-7-13(11)12(9-16)10-17/h4-7,9,17H,8,10H2,1-3H3. The predicted molar refractivity (Wildman–Crippen MR) is 73.3 cm³/mol. The number of benzene rings is 1. The zero-order valence-corrected chi connectivity index (χ0v) is 11.5. The first-order chi connectivity index (χ1) is 8.90. The molecule has 0 fully saturated rings. The summed E-state index contributed by atoms with van der Waals surface area (Å²) in [5.41, 5.74) is 2.21. The van der Waals surface area contributed by atoms with Gasteiger partial charge < -0.3 is 9.84 Å². The lowest BCUT2D eigenvalue weighted by Gasteiger charge is -2.29. The molecule has 1 N–H and O–H groups in total. The Balaban J connectivity index is 2.25. The van der Waals surface area contributed by atoms with E-state index in [0.29, 0.717) is 6.54 Å². The van der Waals surface area contributed by atoms with Gasteiger partial charge in [-0.3, -0.25) is 4.90 Å². The topological polar surface area (TPSA) is 49.8 Å². The van der Waals surface area contributed by atoms with Crippen molar-refractivity contribution in [3.05, 3.63) is 41.6 Å². The third-order valence-electron chi connectivity index (χ3n) is 2.81. The molecule has 1 heterocycles. The van der Waals surface area contributed by atoms with Gasteiger partial charge in [-0.2, -0.15) is 0 Å². The van der Waals surface area contributed by atoms with Crippen molar-refractivity contribution >= 4 is 11.7 Å². The zero-order valence-electron chi connectivity index (χ0n) is 11.5. The number of hydrogen-bond acceptors (Lipinski definition) is 3. The summed E-state index contributed by atoms with van der Waals surface area (Å²) in [5, 5.41) is 9.42. The average Bonchev–Trinajstić information content (AvgIpc) is 2.35. The molecule has 4 heteroatoms. The molecule has 2 rings (SSSR count). The van der Waals surface area contributed by atoms with E-state index in [1.807, 2.05) is 45.0 Å². The Morgan fingerprint density at radius 3 is 2.68 bits per heavy atom. The highest BCUT2D eigenvalue weighted by molar-refractivity contribution is 5.77. The van der Waals surface area contributed by atoms with E-state index >= 15 is 0 Å². The number of amides is 1. The normalized spacial score (nSPS) is 14.7. The number of fused-ring (bicyclic) bond motifs is 1. The molecule has 1 aliphatic rings. The second-order valence-electron chi connectivity index (χ2n) is 5.58. The maximum atomic E-state index is 12.1. The highest BCUT2D eigenvalue weighted by Gasteiger charge is 2.25. The van der Waals surface area contributed by atoms with Crippen molar-refractivity contribution in [3.8, 4) is 0 Å². The summed E-state index contributed by atoms with van der Waals surface area (Å²) < 4.78 is 5.35. The van der Waals surface area contributed by atoms with Crippen LogP contribution in [0.1, 0.15) is 31.9 Å². The molecule has 0 atom stereocenters. The van der Waals surface area contributed by atoms with E-state index in [0.717, 1.165) is 16.7 Å². The summed E-state index contributed by atoms with van der Waals surface area (Å²) >= 11 is 0. The molecule has 1 aromatic rings. The van der Waals surface area contributed by atoms with Gasteiger partial charge in [-0.1, -0.05) is 24.3 Å². The first-order valence-corrected chi connectivity index (χ1v) is 6.30. The van der Waals surface area contributed by atoms with Crippen molar-refractivity contribution in [1.29, 1.82) is 0 Å². The van der Waals surface area contributed by atoms with E-state index in [-0.39, 0.29) is 6.61 Å². The molecule has 0 bridgehead atoms. The Kier molecular flexibility index (Phi) is 3.62. The Morgan fingerprint density at radius 1 is 1.37 bits per heavy atom. The molecule has 1 aliphatic heterocycles. The average molecular weight is 261 g/mol. The molecule has 1 amide bonds. The van der Waals surface area contributed by atoms with Crippen LogP contribution in [-0.4, -0.2) is 28.3 Å². The maximum Gasteiger partial charge on any atom is 0.414 e. The molecule has 102 valence electrons. The second kappa shape index (κ2) is 5.05. The van der Waals surface area contributed by atoms with Gasteiger partial charge >= 0.3 is 6.09 Å². The fraction of sp³-hybridized carbons (Fsp3) is 0.400. The molecule has 19 heavy (non-hydrogen) atoms. The summed E-state index contributed by atoms with van der Waals surface area (Å²) in [4.78, 5) is 13.6. The van der Waals surface area contributed by atoms with Crippen molar-refractivity contribution < 1.29 is 14.6 Å². The van der Waals surface area contributed by atoms with Gasteiger partial charge in [0.2, 0.25) is 0 Å². The number of rotatable bonds is 1. The third kappa shape index (κ3) is 3.15. The molecule has 1 aromatic carbocycles. The van der Waals surface area contributed by atoms with Crippen molar-refractivity contribution in [2.24, 2.45) is 0 Å². The lowest BCUT2D eigenvalue weighted by molar-refractivity contribution is 0.0321. The molecule has 0 aliphatic carbocycles. The second-order valence-corrected chi connectivity index (χ2v) is 5.58. The maximum absolute atomic E-state index is 12.1. The first-order valence-electron chi connectivity index (χ1n) is 6.30. The minimum atomic E-state index is -0.527. The Labute approximate surface area is 113 Å². The highest BCUT2D eigenvalue weighted by Crippen LogP contribution is 2.27. The van der Waals surface area contributed by atoms with Crippen LogP contribution in [-0.2, 0) is 11.3 Å². The van der Waals surface area contributed by atoms with E-state index in [4.69, 9.17) is 4.74 Å². The first kappa shape index (κ1) is 13.6. The van der Waals surface area contributed by atoms with Crippen molar-refractivity contribution in [2.45, 2.75) is 32.9 Å². The largest absolute Gasteiger partial charge is 0.443 e. The van der Waals surface area contributed by atoms with E-state index in [9.17, 15) is 9.90 Å². The predicted octanol–water partition coefficient (Wildman–Crippen LogP) is 2.77. The summed E-state index contributed by atoms with van der Waals surface area (Å²) in [6, 6.07) is 7.75. The Hall–Kier alpha value is -1.81. The van der Waals surface area contributed by atoms with Crippen LogP contribution in [0.2, 0.25) is 0 Å². The van der Waals surface area contributed by atoms with Gasteiger partial charge in [0.15, 0.2) is 0 Å². The van der Waals surface area contributed by atoms with Crippen LogP contribution in [0, 0.1) is 0 Å². The SMILES string of the molecule is CC(C)(C)OC(=O)N1C=C(CO)c2ccccc2C1. The smallest absolute Gasteiger partial charge is 0.414 e. The monoisotopic (exact) mass is 261 g/mol. The van der Waals surface area contributed by atoms with Gasteiger partial charge in [0, 0.05) is 11.8 Å². The number of ether oxygens (including phenoxy) is 1. The van der Waals surface area contributed by atoms with Gasteiger partial charge in [-0.05, 0) is 31.9 Å². The van der Waals surface area contributed by atoms with Crippen molar-refractivity contribution in [1.82, 2.24) is 4.90 Å². The molecule has 0 unspecified atom stereocenters. The van der Waals surface area contributed by atoms with E-state index in [2.05, 4.69) is 0 Å². The fourth-order valence-electron chi connectivity index (χ4n) is 2.02. The van der Waals surface area contributed by atoms with Gasteiger partial charge in [0.25, 0.3) is 0 Å². The van der Waals surface area contributed by atoms with Gasteiger partial charge in [0.05, 0.1) is 13.2 Å². The molecule has 0 saturated heterocycles. The summed E-state index contributed by atoms with van der Waals surface area (Å²) in [5.74, 6) is 0. The Morgan fingerprint density at radius 2 is 2.05 bits per heavy atom. The van der Waals surface area contributed by atoms with Gasteiger partial charge in [-0.25, -0.2) is 4.79 Å². The van der Waals surface area contributed by atoms with Crippen LogP contribution in [0.25, 0.3) is 5.57 Å². The molecule has 0 aromatic heterocycles. The van der Waals surface area contributed by atoms with E-state index in [1.54, 1.807) is 6.20 Å². The van der Waals surface area contributed by atoms with Crippen LogP contribution in [0.15, 0.2) is 30.5 Å². The van der Waals surface area contributed by atoms with E-state index in [1.165, 1.54) is 4.90 Å². The van der Waals surface area contributed by atoms with Crippen LogP contribution in [0.4, 0.5) is 4.79 Å². The lowest BCUT2D eigenvalue weighted by atomic mass is 9.97. The van der Waals surface area contributed by atoms with Crippen LogP contribution in [0.3, 0.4) is 0 Å². The summed E-state index contributed by atoms with van der Waals surface area (Å²) in [7, 11) is 0. The van der Waals surface area contributed by atoms with E-state index < -0.39 is 11.7 Å². The van der Waals surface area contributed by atoms with Crippen molar-refractivity contribution in [3.63, 3.8) is 0 Å². The van der Waals surface area contributed by atoms with Crippen LogP contribution in [0.5, 0.6) is 0 Å². The summed E-state index contributed by atoms with van der Waals surface area (Å²) in [6.45, 7) is 5.86. The molecule has 0 saturated carbocycles. The molecule has 4 nitrogen and oxygen atoms in total.